The molecule has 4 aromatic rings. The maximum atomic E-state index is 14.1. The number of tetrazole rings is 1. The summed E-state index contributed by atoms with van der Waals surface area (Å²) in [6.45, 7) is 9.44. The average Bonchev–Trinajstić information content (AvgIpc) is 3.42. The van der Waals surface area contributed by atoms with Gasteiger partial charge in [-0.2, -0.15) is 5.21 Å². The summed E-state index contributed by atoms with van der Waals surface area (Å²) in [6.07, 6.45) is 1.56. The minimum absolute atomic E-state index is 0.0681. The molecule has 214 valence electrons. The molecule has 3 heterocycles. The fraction of sp³-hybridized carbons (Fsp3) is 0.379. The van der Waals surface area contributed by atoms with Crippen molar-refractivity contribution in [2.24, 2.45) is 4.99 Å². The zero-order valence-electron chi connectivity index (χ0n) is 23.9. The minimum Gasteiger partial charge on any atom is -0.493 e. The molecule has 0 fully saturated rings. The summed E-state index contributed by atoms with van der Waals surface area (Å²) in [5, 5.41) is 15.9. The molecule has 1 amide bonds. The number of carbonyl (C=O) groups is 1. The second-order valence-electron chi connectivity index (χ2n) is 10.0. The van der Waals surface area contributed by atoms with Crippen molar-refractivity contribution in [2.45, 2.75) is 53.6 Å². The number of aryl methyl sites for hydroxylation is 4. The molecule has 0 unspecified atom stereocenters. The number of hydrogen-bond donors (Lipinski definition) is 2. The number of nitrogens with one attached hydrogen (secondary N) is 2. The van der Waals surface area contributed by atoms with Gasteiger partial charge >= 0.3 is 5.69 Å². The summed E-state index contributed by atoms with van der Waals surface area (Å²) in [4.78, 5) is 31.5. The molecule has 0 aliphatic carbocycles. The van der Waals surface area contributed by atoms with Crippen molar-refractivity contribution in [3.63, 3.8) is 0 Å². The van der Waals surface area contributed by atoms with Gasteiger partial charge < -0.3 is 14.8 Å². The van der Waals surface area contributed by atoms with Crippen LogP contribution in [0, 0.1) is 20.8 Å². The highest BCUT2D eigenvalue weighted by atomic mass is 16.5. The van der Waals surface area contributed by atoms with Gasteiger partial charge in [0.15, 0.2) is 11.5 Å². The molecule has 12 nitrogen and oxygen atoms in total. The Morgan fingerprint density at radius 2 is 1.90 bits per heavy atom. The highest BCUT2D eigenvalue weighted by Gasteiger charge is 2.21. The van der Waals surface area contributed by atoms with Crippen molar-refractivity contribution in [1.82, 2.24) is 35.1 Å². The summed E-state index contributed by atoms with van der Waals surface area (Å²) in [5.74, 6) is 0.741. The zero-order chi connectivity index (χ0) is 29.1. The van der Waals surface area contributed by atoms with Gasteiger partial charge in [0, 0.05) is 31.3 Å². The van der Waals surface area contributed by atoms with E-state index in [1.54, 1.807) is 16.2 Å². The monoisotopic (exact) mass is 558 g/mol. The van der Waals surface area contributed by atoms with Crippen molar-refractivity contribution in [1.29, 1.82) is 0 Å². The first kappa shape index (κ1) is 27.8. The third-order valence-corrected chi connectivity index (χ3v) is 7.12. The minimum atomic E-state index is -0.482. The predicted molar refractivity (Wildman–Crippen MR) is 153 cm³/mol. The van der Waals surface area contributed by atoms with Crippen LogP contribution in [0.15, 0.2) is 40.1 Å². The lowest BCUT2D eigenvalue weighted by atomic mass is 10.0. The number of aromatic amines is 1. The van der Waals surface area contributed by atoms with Gasteiger partial charge in [-0.05, 0) is 74.6 Å². The Balaban J connectivity index is 1.67. The highest BCUT2D eigenvalue weighted by molar-refractivity contribution is 5.89. The van der Waals surface area contributed by atoms with E-state index in [2.05, 4.69) is 38.1 Å². The number of carbonyl (C=O) groups excluding carboxylic acids is 1. The Bertz CT molecular complexity index is 1700. The van der Waals surface area contributed by atoms with Crippen LogP contribution in [-0.4, -0.2) is 55.9 Å². The number of amides is 1. The summed E-state index contributed by atoms with van der Waals surface area (Å²) in [6, 6.07) is 10.1. The van der Waals surface area contributed by atoms with Crippen LogP contribution < -0.4 is 26.0 Å². The number of nitrogens with zero attached hydrogens (tertiary/aromatic N) is 6. The van der Waals surface area contributed by atoms with Crippen LogP contribution in [0.1, 0.15) is 46.2 Å². The van der Waals surface area contributed by atoms with Gasteiger partial charge in [-0.25, -0.2) is 9.79 Å². The number of H-pyrrole nitrogens is 1. The second kappa shape index (κ2) is 11.8. The Labute approximate surface area is 237 Å². The van der Waals surface area contributed by atoms with Crippen LogP contribution in [0.4, 0.5) is 5.69 Å². The van der Waals surface area contributed by atoms with Crippen LogP contribution in [-0.2, 0) is 19.5 Å². The SMILES string of the molecule is CCOc1cc2c(cc1OC)-c1cc(=Nc3c(C)cc(C)cc3C)n(CCNC(=O)c3nn[nH]n3)c(=O)n1CCC2. The average molecular weight is 559 g/mol. The summed E-state index contributed by atoms with van der Waals surface area (Å²) in [7, 11) is 1.61. The normalized spacial score (nSPS) is 12.9. The molecule has 5 rings (SSSR count). The molecule has 0 bridgehead atoms. The molecular weight excluding hydrogens is 524 g/mol. The van der Waals surface area contributed by atoms with Crippen LogP contribution in [0.25, 0.3) is 11.3 Å². The highest BCUT2D eigenvalue weighted by Crippen LogP contribution is 2.37. The third kappa shape index (κ3) is 5.63. The van der Waals surface area contributed by atoms with E-state index in [1.807, 2.05) is 45.9 Å². The van der Waals surface area contributed by atoms with Gasteiger partial charge in [0.05, 0.1) is 25.1 Å². The second-order valence-corrected chi connectivity index (χ2v) is 10.0. The summed E-state index contributed by atoms with van der Waals surface area (Å²) >= 11 is 0. The molecule has 2 N–H and O–H groups in total. The van der Waals surface area contributed by atoms with Crippen molar-refractivity contribution >= 4 is 11.6 Å². The molecule has 0 saturated heterocycles. The number of methoxy groups -OCH3 is 1. The number of fused-ring (bicyclic) bond motifs is 3. The lowest BCUT2D eigenvalue weighted by Crippen LogP contribution is -2.43. The van der Waals surface area contributed by atoms with Gasteiger partial charge in [-0.3, -0.25) is 13.9 Å². The van der Waals surface area contributed by atoms with E-state index in [0.717, 1.165) is 52.0 Å². The van der Waals surface area contributed by atoms with E-state index in [-0.39, 0.29) is 24.6 Å². The molecule has 0 atom stereocenters. The molecule has 0 spiro atoms. The largest absolute Gasteiger partial charge is 0.493 e. The van der Waals surface area contributed by atoms with Crippen LogP contribution >= 0.6 is 0 Å². The molecule has 1 aliphatic rings. The molecule has 0 saturated carbocycles. The molecular formula is C29H34N8O4. The van der Waals surface area contributed by atoms with Gasteiger partial charge in [0.2, 0.25) is 0 Å². The van der Waals surface area contributed by atoms with Gasteiger partial charge in [0.25, 0.3) is 11.7 Å². The van der Waals surface area contributed by atoms with Crippen LogP contribution in [0.2, 0.25) is 0 Å². The van der Waals surface area contributed by atoms with Crippen molar-refractivity contribution in [3.8, 4) is 22.8 Å². The Kier molecular flexibility index (Phi) is 7.99. The maximum Gasteiger partial charge on any atom is 0.330 e. The first-order valence-corrected chi connectivity index (χ1v) is 13.6. The Hall–Kier alpha value is -4.74. The molecule has 2 aromatic heterocycles. The number of rotatable bonds is 8. The van der Waals surface area contributed by atoms with E-state index < -0.39 is 5.91 Å². The first-order valence-electron chi connectivity index (χ1n) is 13.6. The fourth-order valence-corrected chi connectivity index (χ4v) is 5.35. The zero-order valence-corrected chi connectivity index (χ0v) is 23.9. The number of hydrogen-bond acceptors (Lipinski definition) is 8. The topological polar surface area (TPSA) is 141 Å². The van der Waals surface area contributed by atoms with E-state index in [4.69, 9.17) is 14.5 Å². The molecule has 2 aromatic carbocycles. The van der Waals surface area contributed by atoms with Gasteiger partial charge in [-0.1, -0.05) is 17.7 Å². The Morgan fingerprint density at radius 3 is 2.59 bits per heavy atom. The van der Waals surface area contributed by atoms with Crippen molar-refractivity contribution in [2.75, 3.05) is 20.3 Å². The summed E-state index contributed by atoms with van der Waals surface area (Å²) in [5.41, 5.74) is 7.01. The van der Waals surface area contributed by atoms with Crippen molar-refractivity contribution in [3.05, 3.63) is 74.4 Å². The molecule has 41 heavy (non-hydrogen) atoms. The number of benzene rings is 2. The molecule has 0 radical (unpaired) electrons. The van der Waals surface area contributed by atoms with Gasteiger partial charge in [-0.15, -0.1) is 10.2 Å². The van der Waals surface area contributed by atoms with Crippen LogP contribution in [0.3, 0.4) is 0 Å². The molecule has 12 heteroatoms. The fourth-order valence-electron chi connectivity index (χ4n) is 5.35. The van der Waals surface area contributed by atoms with E-state index in [0.29, 0.717) is 30.1 Å². The third-order valence-electron chi connectivity index (χ3n) is 7.12. The lowest BCUT2D eigenvalue weighted by Gasteiger charge is -2.18. The lowest BCUT2D eigenvalue weighted by molar-refractivity contribution is 0.0941. The Morgan fingerprint density at radius 1 is 1.12 bits per heavy atom. The number of ether oxygens (including phenoxy) is 2. The summed E-state index contributed by atoms with van der Waals surface area (Å²) < 4.78 is 14.9. The van der Waals surface area contributed by atoms with Crippen molar-refractivity contribution < 1.29 is 14.3 Å². The van der Waals surface area contributed by atoms with E-state index >= 15 is 0 Å². The predicted octanol–water partition coefficient (Wildman–Crippen LogP) is 2.77. The molecule has 1 aliphatic heterocycles. The smallest absolute Gasteiger partial charge is 0.330 e. The maximum absolute atomic E-state index is 14.1. The number of aromatic nitrogens is 6. The van der Waals surface area contributed by atoms with E-state index in [9.17, 15) is 9.59 Å². The van der Waals surface area contributed by atoms with Gasteiger partial charge in [0.1, 0.15) is 5.49 Å². The first-order chi connectivity index (χ1) is 19.8. The standard InChI is InChI=1S/C29H34N8O4/c1-6-41-24-14-20-8-7-10-36-22(21(20)15-23(24)40-5)16-25(31-26-18(3)12-17(2)13-19(26)4)37(29(36)39)11-9-30-28(38)27-32-34-35-33-27/h12-16H,6-11H2,1-5H3,(H,30,38)(H,32,33,34,35). The van der Waals surface area contributed by atoms with E-state index in [1.165, 1.54) is 0 Å². The van der Waals surface area contributed by atoms with Crippen LogP contribution in [0.5, 0.6) is 11.5 Å². The quantitative estimate of drug-likeness (QED) is 0.339.